The van der Waals surface area contributed by atoms with Crippen LogP contribution in [0.15, 0.2) is 30.0 Å². The number of rotatable bonds is 7. The molecule has 0 heterocycles. The molecule has 0 bridgehead atoms. The van der Waals surface area contributed by atoms with Crippen LogP contribution in [-0.4, -0.2) is 24.6 Å². The van der Waals surface area contributed by atoms with E-state index in [1.807, 2.05) is 0 Å². The van der Waals surface area contributed by atoms with Crippen molar-refractivity contribution < 1.29 is 19.1 Å². The van der Waals surface area contributed by atoms with E-state index in [1.54, 1.807) is 26.0 Å². The molecule has 0 saturated heterocycles. The van der Waals surface area contributed by atoms with Crippen molar-refractivity contribution in [3.63, 3.8) is 0 Å². The van der Waals surface area contributed by atoms with Crippen LogP contribution in [0.2, 0.25) is 5.02 Å². The van der Waals surface area contributed by atoms with Crippen molar-refractivity contribution in [2.45, 2.75) is 26.7 Å². The lowest BCUT2D eigenvalue weighted by Crippen LogP contribution is -2.13. The quantitative estimate of drug-likeness (QED) is 0.360. The van der Waals surface area contributed by atoms with E-state index in [0.717, 1.165) is 0 Å². The maximum Gasteiger partial charge on any atom is 0.339 e. The van der Waals surface area contributed by atoms with Crippen molar-refractivity contribution in [2.24, 2.45) is 0 Å². The number of carbonyl (C=O) groups is 3. The van der Waals surface area contributed by atoms with Crippen LogP contribution in [0.5, 0.6) is 0 Å². The molecule has 0 aromatic heterocycles. The summed E-state index contributed by atoms with van der Waals surface area (Å²) < 4.78 is 4.63. The fourth-order valence-corrected chi connectivity index (χ4v) is 2.02. The fraction of sp³-hybridized carbons (Fsp3) is 0.312. The predicted octanol–water partition coefficient (Wildman–Crippen LogP) is 3.38. The minimum Gasteiger partial charge on any atom is -0.465 e. The first-order valence-corrected chi connectivity index (χ1v) is 7.23. The number of carbonyl (C=O) groups excluding carboxylic acids is 3. The number of ketones is 2. The summed E-state index contributed by atoms with van der Waals surface area (Å²) in [5.41, 5.74) is 0.701. The second-order valence-corrected chi connectivity index (χ2v) is 4.79. The molecule has 1 N–H and O–H groups in total. The first-order chi connectivity index (χ1) is 10.5. The van der Waals surface area contributed by atoms with Gasteiger partial charge in [-0.15, -0.1) is 0 Å². The van der Waals surface area contributed by atoms with Crippen LogP contribution >= 0.6 is 11.6 Å². The standard InChI is InChI=1S/C16H18ClNO4/c1-4-13(19)11(14(20)5-2)9-18-12-8-6-7-10(15(12)17)16(21)22-3/h6-9,18H,4-5H2,1-3H3. The van der Waals surface area contributed by atoms with Gasteiger partial charge in [0, 0.05) is 19.0 Å². The molecule has 1 aromatic carbocycles. The predicted molar refractivity (Wildman–Crippen MR) is 85.1 cm³/mol. The van der Waals surface area contributed by atoms with E-state index < -0.39 is 5.97 Å². The number of hydrogen-bond donors (Lipinski definition) is 1. The maximum absolute atomic E-state index is 11.8. The number of nitrogens with one attached hydrogen (secondary N) is 1. The highest BCUT2D eigenvalue weighted by Gasteiger charge is 2.16. The molecule has 0 aliphatic rings. The average molecular weight is 324 g/mol. The van der Waals surface area contributed by atoms with Crippen molar-refractivity contribution >= 4 is 34.8 Å². The number of esters is 1. The summed E-state index contributed by atoms with van der Waals surface area (Å²) in [6, 6.07) is 4.78. The minimum atomic E-state index is -0.563. The molecule has 1 aromatic rings. The van der Waals surface area contributed by atoms with Gasteiger partial charge in [-0.25, -0.2) is 4.79 Å². The Hall–Kier alpha value is -2.14. The van der Waals surface area contributed by atoms with Gasteiger partial charge in [0.2, 0.25) is 0 Å². The Morgan fingerprint density at radius 2 is 1.77 bits per heavy atom. The zero-order valence-electron chi connectivity index (χ0n) is 12.7. The van der Waals surface area contributed by atoms with Crippen LogP contribution in [0.4, 0.5) is 5.69 Å². The number of ether oxygens (including phenoxy) is 1. The summed E-state index contributed by atoms with van der Waals surface area (Å²) in [5.74, 6) is -1.06. The van der Waals surface area contributed by atoms with Crippen LogP contribution in [0.1, 0.15) is 37.0 Å². The molecule has 0 aliphatic carbocycles. The molecule has 0 amide bonds. The van der Waals surface area contributed by atoms with Crippen LogP contribution < -0.4 is 5.32 Å². The van der Waals surface area contributed by atoms with Gasteiger partial charge in [0.25, 0.3) is 0 Å². The van der Waals surface area contributed by atoms with E-state index in [1.165, 1.54) is 19.4 Å². The fourth-order valence-electron chi connectivity index (χ4n) is 1.76. The molecule has 5 nitrogen and oxygen atoms in total. The van der Waals surface area contributed by atoms with Crippen LogP contribution in [-0.2, 0) is 14.3 Å². The topological polar surface area (TPSA) is 72.5 Å². The normalized spacial score (nSPS) is 9.82. The van der Waals surface area contributed by atoms with E-state index in [2.05, 4.69) is 10.1 Å². The third-order valence-electron chi connectivity index (χ3n) is 3.02. The molecular formula is C16H18ClNO4. The van der Waals surface area contributed by atoms with Gasteiger partial charge in [-0.2, -0.15) is 0 Å². The number of halogens is 1. The van der Waals surface area contributed by atoms with Gasteiger partial charge in [-0.05, 0) is 12.1 Å². The van der Waals surface area contributed by atoms with Crippen LogP contribution in [0.3, 0.4) is 0 Å². The van der Waals surface area contributed by atoms with Crippen LogP contribution in [0, 0.1) is 0 Å². The van der Waals surface area contributed by atoms with Crippen molar-refractivity contribution in [3.05, 3.63) is 40.6 Å². The Labute approximate surface area is 134 Å². The first-order valence-electron chi connectivity index (χ1n) is 6.86. The average Bonchev–Trinajstić information content (AvgIpc) is 2.54. The summed E-state index contributed by atoms with van der Waals surface area (Å²) in [5, 5.41) is 2.98. The summed E-state index contributed by atoms with van der Waals surface area (Å²) in [6.07, 6.45) is 1.80. The number of allylic oxidation sites excluding steroid dienone is 1. The smallest absolute Gasteiger partial charge is 0.339 e. The van der Waals surface area contributed by atoms with Crippen molar-refractivity contribution in [3.8, 4) is 0 Å². The van der Waals surface area contributed by atoms with E-state index >= 15 is 0 Å². The molecule has 0 radical (unpaired) electrons. The highest BCUT2D eigenvalue weighted by atomic mass is 35.5. The summed E-state index contributed by atoms with van der Waals surface area (Å²) >= 11 is 6.13. The highest BCUT2D eigenvalue weighted by Crippen LogP contribution is 2.26. The molecule has 22 heavy (non-hydrogen) atoms. The Balaban J connectivity index is 3.12. The number of benzene rings is 1. The summed E-state index contributed by atoms with van der Waals surface area (Å²) in [7, 11) is 1.26. The maximum atomic E-state index is 11.8. The minimum absolute atomic E-state index is 0.0875. The lowest BCUT2D eigenvalue weighted by Gasteiger charge is -2.09. The molecule has 0 atom stereocenters. The molecule has 0 unspecified atom stereocenters. The lowest BCUT2D eigenvalue weighted by atomic mass is 10.0. The van der Waals surface area contributed by atoms with Gasteiger partial charge in [0.1, 0.15) is 0 Å². The zero-order valence-corrected chi connectivity index (χ0v) is 13.5. The van der Waals surface area contributed by atoms with Gasteiger partial charge in [-0.1, -0.05) is 31.5 Å². The van der Waals surface area contributed by atoms with Gasteiger partial charge < -0.3 is 10.1 Å². The Morgan fingerprint density at radius 3 is 2.27 bits per heavy atom. The first kappa shape index (κ1) is 17.9. The molecule has 0 saturated carbocycles. The van der Waals surface area contributed by atoms with Crippen LogP contribution in [0.25, 0.3) is 0 Å². The summed E-state index contributed by atoms with van der Waals surface area (Å²) in [4.78, 5) is 35.2. The SMILES string of the molecule is CCC(=O)C(=CNc1cccc(C(=O)OC)c1Cl)C(=O)CC. The zero-order chi connectivity index (χ0) is 16.7. The third kappa shape index (κ3) is 4.18. The van der Waals surface area contributed by atoms with E-state index in [0.29, 0.717) is 5.69 Å². The Morgan fingerprint density at radius 1 is 1.18 bits per heavy atom. The van der Waals surface area contributed by atoms with Gasteiger partial charge in [0.15, 0.2) is 11.6 Å². The van der Waals surface area contributed by atoms with E-state index in [4.69, 9.17) is 11.6 Å². The van der Waals surface area contributed by atoms with Crippen molar-refractivity contribution in [2.75, 3.05) is 12.4 Å². The largest absolute Gasteiger partial charge is 0.465 e. The molecule has 6 heteroatoms. The molecule has 0 spiro atoms. The third-order valence-corrected chi connectivity index (χ3v) is 3.43. The second kappa shape index (κ2) is 8.34. The number of methoxy groups -OCH3 is 1. The lowest BCUT2D eigenvalue weighted by molar-refractivity contribution is -0.121. The molecular weight excluding hydrogens is 306 g/mol. The summed E-state index contributed by atoms with van der Waals surface area (Å²) in [6.45, 7) is 3.37. The molecule has 118 valence electrons. The molecule has 0 aliphatic heterocycles. The van der Waals surface area contributed by atoms with Gasteiger partial charge in [-0.3, -0.25) is 9.59 Å². The number of hydrogen-bond acceptors (Lipinski definition) is 5. The van der Waals surface area contributed by atoms with Gasteiger partial charge in [0.05, 0.1) is 29.0 Å². The van der Waals surface area contributed by atoms with E-state index in [9.17, 15) is 14.4 Å². The molecule has 0 fully saturated rings. The van der Waals surface area contributed by atoms with Crippen molar-refractivity contribution in [1.29, 1.82) is 0 Å². The highest BCUT2D eigenvalue weighted by molar-refractivity contribution is 6.36. The number of anilines is 1. The monoisotopic (exact) mass is 323 g/mol. The number of Topliss-reactive ketones (excluding diaryl/α,β-unsaturated/α-hetero) is 2. The Kier molecular flexibility index (Phi) is 6.79. The van der Waals surface area contributed by atoms with Crippen molar-refractivity contribution in [1.82, 2.24) is 0 Å². The van der Waals surface area contributed by atoms with E-state index in [-0.39, 0.29) is 40.6 Å². The Bertz CT molecular complexity index is 605. The molecule has 1 rings (SSSR count). The van der Waals surface area contributed by atoms with Gasteiger partial charge >= 0.3 is 5.97 Å². The second-order valence-electron chi connectivity index (χ2n) is 4.41.